The van der Waals surface area contributed by atoms with Crippen LogP contribution in [-0.2, 0) is 10.0 Å². The molecule has 0 spiro atoms. The van der Waals surface area contributed by atoms with Crippen LogP contribution in [0.3, 0.4) is 0 Å². The van der Waals surface area contributed by atoms with Crippen LogP contribution >= 0.6 is 23.2 Å². The maximum Gasteiger partial charge on any atom is 0.271 e. The van der Waals surface area contributed by atoms with Gasteiger partial charge in [-0.2, -0.15) is 0 Å². The van der Waals surface area contributed by atoms with Gasteiger partial charge in [0.15, 0.2) is 0 Å². The smallest absolute Gasteiger partial charge is 0.271 e. The van der Waals surface area contributed by atoms with Crippen molar-refractivity contribution in [1.29, 1.82) is 0 Å². The van der Waals surface area contributed by atoms with Gasteiger partial charge in [0.25, 0.3) is 5.69 Å². The van der Waals surface area contributed by atoms with Crippen LogP contribution in [0.4, 0.5) is 11.4 Å². The number of non-ortho nitro benzene ring substituents is 1. The molecule has 1 N–H and O–H groups in total. The third-order valence-corrected chi connectivity index (χ3v) is 4.57. The average molecular weight is 327 g/mol. The summed E-state index contributed by atoms with van der Waals surface area (Å²) in [7, 11) is -3.59. The van der Waals surface area contributed by atoms with E-state index in [1.165, 1.54) is 12.1 Å². The first-order valence-electron chi connectivity index (χ1n) is 5.25. The van der Waals surface area contributed by atoms with Crippen LogP contribution in [0.15, 0.2) is 18.2 Å². The number of benzene rings is 1. The predicted octanol–water partition coefficient (Wildman–Crippen LogP) is 2.86. The van der Waals surface area contributed by atoms with Crippen molar-refractivity contribution in [3.8, 4) is 0 Å². The lowest BCUT2D eigenvalue weighted by atomic mass is 10.3. The molecule has 9 heteroatoms. The summed E-state index contributed by atoms with van der Waals surface area (Å²) in [6.07, 6.45) is 0. The summed E-state index contributed by atoms with van der Waals surface area (Å²) >= 11 is 11.3. The lowest BCUT2D eigenvalue weighted by molar-refractivity contribution is -0.384. The number of nitrogens with zero attached hydrogens (tertiary/aromatic N) is 1. The summed E-state index contributed by atoms with van der Waals surface area (Å²) in [6.45, 7) is 1.70. The minimum Gasteiger partial charge on any atom is -0.282 e. The zero-order valence-corrected chi connectivity index (χ0v) is 12.3. The van der Waals surface area contributed by atoms with Gasteiger partial charge in [-0.25, -0.2) is 8.42 Å². The van der Waals surface area contributed by atoms with Crippen molar-refractivity contribution in [3.63, 3.8) is 0 Å². The molecule has 1 atom stereocenters. The van der Waals surface area contributed by atoms with E-state index < -0.39 is 14.9 Å². The summed E-state index contributed by atoms with van der Waals surface area (Å²) in [5.41, 5.74) is -0.101. The molecule has 0 aliphatic rings. The van der Waals surface area contributed by atoms with E-state index in [1.807, 2.05) is 0 Å². The van der Waals surface area contributed by atoms with Crippen LogP contribution < -0.4 is 4.72 Å². The molecule has 0 bridgehead atoms. The predicted molar refractivity (Wildman–Crippen MR) is 75.4 cm³/mol. The monoisotopic (exact) mass is 326 g/mol. The Kier molecular flexibility index (Phi) is 5.39. The highest BCUT2D eigenvalue weighted by molar-refractivity contribution is 7.92. The summed E-state index contributed by atoms with van der Waals surface area (Å²) in [5, 5.41) is 10.5. The van der Waals surface area contributed by atoms with Crippen molar-refractivity contribution in [2.24, 2.45) is 5.92 Å². The first-order valence-corrected chi connectivity index (χ1v) is 7.82. The van der Waals surface area contributed by atoms with Crippen molar-refractivity contribution in [2.45, 2.75) is 6.92 Å². The van der Waals surface area contributed by atoms with Gasteiger partial charge in [-0.3, -0.25) is 14.8 Å². The molecule has 106 valence electrons. The van der Waals surface area contributed by atoms with Crippen LogP contribution in [0, 0.1) is 16.0 Å². The van der Waals surface area contributed by atoms with Crippen LogP contribution in [0.2, 0.25) is 5.02 Å². The third-order valence-electron chi connectivity index (χ3n) is 2.20. The van der Waals surface area contributed by atoms with Gasteiger partial charge in [0, 0.05) is 18.0 Å². The maximum atomic E-state index is 11.8. The molecule has 0 aliphatic carbocycles. The highest BCUT2D eigenvalue weighted by Gasteiger charge is 2.17. The molecular formula is C10H12Cl2N2O4S. The van der Waals surface area contributed by atoms with Gasteiger partial charge < -0.3 is 0 Å². The van der Waals surface area contributed by atoms with Gasteiger partial charge in [0.05, 0.1) is 21.4 Å². The number of rotatable bonds is 6. The Morgan fingerprint density at radius 2 is 2.11 bits per heavy atom. The van der Waals surface area contributed by atoms with Crippen LogP contribution in [0.5, 0.6) is 0 Å². The van der Waals surface area contributed by atoms with E-state index in [1.54, 1.807) is 6.92 Å². The fourth-order valence-electron chi connectivity index (χ4n) is 1.33. The van der Waals surface area contributed by atoms with Gasteiger partial charge in [-0.15, -0.1) is 11.6 Å². The molecule has 1 unspecified atom stereocenters. The number of hydrogen-bond donors (Lipinski definition) is 1. The number of hydrogen-bond acceptors (Lipinski definition) is 4. The molecule has 19 heavy (non-hydrogen) atoms. The molecule has 1 aromatic rings. The molecular weight excluding hydrogens is 315 g/mol. The van der Waals surface area contributed by atoms with E-state index in [9.17, 15) is 18.5 Å². The zero-order chi connectivity index (χ0) is 14.6. The first kappa shape index (κ1) is 16.0. The van der Waals surface area contributed by atoms with Crippen molar-refractivity contribution in [3.05, 3.63) is 33.3 Å². The molecule has 0 heterocycles. The number of nitrogens with one attached hydrogen (secondary N) is 1. The number of alkyl halides is 1. The summed E-state index contributed by atoms with van der Waals surface area (Å²) in [6, 6.07) is 3.52. The molecule has 0 fully saturated rings. The molecule has 0 saturated carbocycles. The van der Waals surface area contributed by atoms with Crippen LogP contribution in [0.1, 0.15) is 6.92 Å². The minimum absolute atomic E-state index is 0.0312. The third kappa shape index (κ3) is 4.85. The standard InChI is InChI=1S/C10H12Cl2N2O4S/c1-7(5-11)6-19(17,18)13-10-3-2-8(14(15)16)4-9(10)12/h2-4,7,13H,5-6H2,1H3. The number of sulfonamides is 1. The Bertz CT molecular complexity index is 577. The van der Waals surface area contributed by atoms with E-state index in [2.05, 4.69) is 4.72 Å². The largest absolute Gasteiger partial charge is 0.282 e. The summed E-state index contributed by atoms with van der Waals surface area (Å²) < 4.78 is 25.8. The molecule has 1 aromatic carbocycles. The van der Waals surface area contributed by atoms with Gasteiger partial charge in [0.2, 0.25) is 10.0 Å². The second-order valence-electron chi connectivity index (χ2n) is 4.06. The Balaban J connectivity index is 2.91. The van der Waals surface area contributed by atoms with Crippen molar-refractivity contribution >= 4 is 44.6 Å². The SMILES string of the molecule is CC(CCl)CS(=O)(=O)Nc1ccc([N+](=O)[O-])cc1Cl. The summed E-state index contributed by atoms with van der Waals surface area (Å²) in [4.78, 5) is 9.92. The molecule has 1 rings (SSSR count). The number of nitro groups is 1. The normalized spacial score (nSPS) is 13.0. The number of nitro benzene ring substituents is 1. The molecule has 0 saturated heterocycles. The zero-order valence-electron chi connectivity index (χ0n) is 9.97. The van der Waals surface area contributed by atoms with E-state index in [4.69, 9.17) is 23.2 Å². The van der Waals surface area contributed by atoms with E-state index in [0.717, 1.165) is 6.07 Å². The molecule has 0 amide bonds. The Morgan fingerprint density at radius 3 is 2.58 bits per heavy atom. The fourth-order valence-corrected chi connectivity index (χ4v) is 3.31. The Hall–Kier alpha value is -1.05. The lowest BCUT2D eigenvalue weighted by Crippen LogP contribution is -2.22. The number of anilines is 1. The first-order chi connectivity index (χ1) is 8.75. The Morgan fingerprint density at radius 1 is 1.47 bits per heavy atom. The lowest BCUT2D eigenvalue weighted by Gasteiger charge is -2.12. The van der Waals surface area contributed by atoms with Crippen molar-refractivity contribution < 1.29 is 13.3 Å². The van der Waals surface area contributed by atoms with Gasteiger partial charge >= 0.3 is 0 Å². The van der Waals surface area contributed by atoms with Gasteiger partial charge in [-0.1, -0.05) is 18.5 Å². The topological polar surface area (TPSA) is 89.3 Å². The quantitative estimate of drug-likeness (QED) is 0.494. The fraction of sp³-hybridized carbons (Fsp3) is 0.400. The molecule has 0 radical (unpaired) electrons. The molecule has 6 nitrogen and oxygen atoms in total. The molecule has 0 aromatic heterocycles. The van der Waals surface area contributed by atoms with Gasteiger partial charge in [0.1, 0.15) is 0 Å². The Labute approximate surface area is 120 Å². The van der Waals surface area contributed by atoms with E-state index in [0.29, 0.717) is 0 Å². The summed E-state index contributed by atoms with van der Waals surface area (Å²) in [5.74, 6) is -0.144. The minimum atomic E-state index is -3.59. The van der Waals surface area contributed by atoms with Crippen LogP contribution in [0.25, 0.3) is 0 Å². The van der Waals surface area contributed by atoms with Gasteiger partial charge in [-0.05, 0) is 12.0 Å². The number of halogens is 2. The second kappa shape index (κ2) is 6.40. The van der Waals surface area contributed by atoms with Crippen molar-refractivity contribution in [2.75, 3.05) is 16.4 Å². The second-order valence-corrected chi connectivity index (χ2v) is 6.55. The molecule has 0 aliphatic heterocycles. The van der Waals surface area contributed by atoms with Crippen molar-refractivity contribution in [1.82, 2.24) is 0 Å². The van der Waals surface area contributed by atoms with E-state index >= 15 is 0 Å². The van der Waals surface area contributed by atoms with Crippen LogP contribution in [-0.4, -0.2) is 25.0 Å². The highest BCUT2D eigenvalue weighted by atomic mass is 35.5. The highest BCUT2D eigenvalue weighted by Crippen LogP contribution is 2.27. The average Bonchev–Trinajstić information content (AvgIpc) is 2.30. The van der Waals surface area contributed by atoms with E-state index in [-0.39, 0.29) is 33.9 Å². The maximum absolute atomic E-state index is 11.8.